The van der Waals surface area contributed by atoms with E-state index in [0.29, 0.717) is 12.4 Å². The van der Waals surface area contributed by atoms with Crippen molar-refractivity contribution in [3.05, 3.63) is 77.1 Å². The van der Waals surface area contributed by atoms with Crippen molar-refractivity contribution in [3.63, 3.8) is 0 Å². The molecule has 0 spiro atoms. The molecule has 0 N–H and O–H groups in total. The third-order valence-corrected chi connectivity index (χ3v) is 3.60. The second-order valence-electron chi connectivity index (χ2n) is 5.32. The highest BCUT2D eigenvalue weighted by atomic mass is 16.5. The fourth-order valence-electron chi connectivity index (χ4n) is 2.45. The summed E-state index contributed by atoms with van der Waals surface area (Å²) >= 11 is 0. The Bertz CT molecular complexity index is 783. The third kappa shape index (κ3) is 3.34. The highest BCUT2D eigenvalue weighted by Crippen LogP contribution is 2.36. The molecule has 0 unspecified atom stereocenters. The summed E-state index contributed by atoms with van der Waals surface area (Å²) < 4.78 is 11.0. The minimum absolute atomic E-state index is 0.336. The van der Waals surface area contributed by atoms with Gasteiger partial charge in [0.1, 0.15) is 11.5 Å². The highest BCUT2D eigenvalue weighted by molar-refractivity contribution is 5.97. The second-order valence-corrected chi connectivity index (χ2v) is 5.32. The number of carbonyl (C=O) groups is 1. The molecule has 0 saturated carbocycles. The number of hydrogen-bond acceptors (Lipinski definition) is 3. The summed E-state index contributed by atoms with van der Waals surface area (Å²) in [5.41, 5.74) is 4.05. The summed E-state index contributed by atoms with van der Waals surface area (Å²) in [7, 11) is 0. The van der Waals surface area contributed by atoms with E-state index < -0.39 is 5.97 Å². The summed E-state index contributed by atoms with van der Waals surface area (Å²) in [4.78, 5) is 11.8. The zero-order valence-corrected chi connectivity index (χ0v) is 13.2. The van der Waals surface area contributed by atoms with E-state index in [1.165, 1.54) is 11.6 Å². The molecule has 1 heterocycles. The Kier molecular flexibility index (Phi) is 4.29. The fraction of sp³-hybridized carbons (Fsp3) is 0.150. The van der Waals surface area contributed by atoms with E-state index in [4.69, 9.17) is 9.47 Å². The maximum atomic E-state index is 11.8. The lowest BCUT2D eigenvalue weighted by molar-refractivity contribution is -0.137. The van der Waals surface area contributed by atoms with E-state index in [1.54, 1.807) is 6.92 Å². The van der Waals surface area contributed by atoms with Crippen molar-refractivity contribution >= 4 is 17.6 Å². The molecule has 116 valence electrons. The number of fused-ring (bicyclic) bond motifs is 1. The molecule has 2 aromatic rings. The van der Waals surface area contributed by atoms with Crippen LogP contribution in [0.25, 0.3) is 11.6 Å². The molecule has 3 rings (SSSR count). The van der Waals surface area contributed by atoms with Gasteiger partial charge in [0.2, 0.25) is 0 Å². The minimum atomic E-state index is -0.403. The summed E-state index contributed by atoms with van der Waals surface area (Å²) in [6.07, 6.45) is 3.44. The monoisotopic (exact) mass is 306 g/mol. The van der Waals surface area contributed by atoms with E-state index in [2.05, 4.69) is 0 Å². The normalized spacial score (nSPS) is 14.7. The van der Waals surface area contributed by atoms with Gasteiger partial charge in [-0.1, -0.05) is 48.0 Å². The zero-order valence-electron chi connectivity index (χ0n) is 13.2. The lowest BCUT2D eigenvalue weighted by Crippen LogP contribution is -2.09. The number of hydrogen-bond donors (Lipinski definition) is 0. The molecule has 1 aliphatic heterocycles. The summed E-state index contributed by atoms with van der Waals surface area (Å²) in [6, 6.07) is 15.9. The fourth-order valence-corrected chi connectivity index (χ4v) is 2.45. The summed E-state index contributed by atoms with van der Waals surface area (Å²) in [5, 5.41) is 0. The number of para-hydroxylation sites is 1. The van der Waals surface area contributed by atoms with Crippen molar-refractivity contribution in [1.29, 1.82) is 0 Å². The smallest absolute Gasteiger partial charge is 0.334 e. The Morgan fingerprint density at radius 1 is 1.13 bits per heavy atom. The lowest BCUT2D eigenvalue weighted by Gasteiger charge is -2.21. The van der Waals surface area contributed by atoms with E-state index in [-0.39, 0.29) is 0 Å². The molecule has 0 atom stereocenters. The number of rotatable bonds is 3. The van der Waals surface area contributed by atoms with Crippen LogP contribution in [0.3, 0.4) is 0 Å². The van der Waals surface area contributed by atoms with Crippen molar-refractivity contribution < 1.29 is 14.3 Å². The number of aryl methyl sites for hydroxylation is 1. The molecule has 0 radical (unpaired) electrons. The van der Waals surface area contributed by atoms with Crippen LogP contribution < -0.4 is 4.74 Å². The van der Waals surface area contributed by atoms with Gasteiger partial charge in [-0.3, -0.25) is 0 Å². The molecule has 3 heteroatoms. The van der Waals surface area contributed by atoms with Crippen LogP contribution in [-0.2, 0) is 9.53 Å². The van der Waals surface area contributed by atoms with E-state index in [0.717, 1.165) is 22.4 Å². The average Bonchev–Trinajstić information content (AvgIpc) is 2.55. The largest absolute Gasteiger partial charge is 0.463 e. The molecule has 1 aliphatic rings. The predicted molar refractivity (Wildman–Crippen MR) is 90.8 cm³/mol. The van der Waals surface area contributed by atoms with Gasteiger partial charge in [-0.25, -0.2) is 4.79 Å². The standard InChI is InChI=1S/C20H18O3/c1-3-22-20(21)13-19-17(15-10-8-14(2)9-11-15)12-16-6-4-5-7-18(16)23-19/h4-13H,3H2,1-2H3/b19-13-. The van der Waals surface area contributed by atoms with Crippen LogP contribution in [0.5, 0.6) is 5.75 Å². The van der Waals surface area contributed by atoms with Crippen molar-refractivity contribution in [3.8, 4) is 5.75 Å². The first kappa shape index (κ1) is 15.1. The Labute approximate surface area is 135 Å². The summed E-state index contributed by atoms with van der Waals surface area (Å²) in [6.45, 7) is 4.16. The SMILES string of the molecule is CCOC(=O)/C=C1\Oc2ccccc2C=C1c1ccc(C)cc1. The molecule has 0 fully saturated rings. The lowest BCUT2D eigenvalue weighted by atomic mass is 9.97. The number of allylic oxidation sites excluding steroid dienone is 1. The maximum absolute atomic E-state index is 11.8. The minimum Gasteiger partial charge on any atom is -0.463 e. The Morgan fingerprint density at radius 3 is 2.61 bits per heavy atom. The summed E-state index contributed by atoms with van der Waals surface area (Å²) in [5.74, 6) is 0.838. The number of carbonyl (C=O) groups excluding carboxylic acids is 1. The van der Waals surface area contributed by atoms with E-state index in [9.17, 15) is 4.79 Å². The van der Waals surface area contributed by atoms with Crippen LogP contribution in [0.15, 0.2) is 60.4 Å². The van der Waals surface area contributed by atoms with Crippen molar-refractivity contribution in [1.82, 2.24) is 0 Å². The molecule has 0 amide bonds. The number of esters is 1. The first-order chi connectivity index (χ1) is 11.2. The average molecular weight is 306 g/mol. The number of ether oxygens (including phenoxy) is 2. The van der Waals surface area contributed by atoms with Gasteiger partial charge in [0, 0.05) is 11.1 Å². The Hall–Kier alpha value is -2.81. The van der Waals surface area contributed by atoms with Crippen LogP contribution in [0.1, 0.15) is 23.6 Å². The predicted octanol–water partition coefficient (Wildman–Crippen LogP) is 4.38. The topological polar surface area (TPSA) is 35.5 Å². The second kappa shape index (κ2) is 6.53. The van der Waals surface area contributed by atoms with Gasteiger partial charge in [0.05, 0.1) is 12.7 Å². The van der Waals surface area contributed by atoms with E-state index >= 15 is 0 Å². The molecular formula is C20H18O3. The molecule has 0 bridgehead atoms. The van der Waals surface area contributed by atoms with Crippen LogP contribution in [0, 0.1) is 6.92 Å². The zero-order chi connectivity index (χ0) is 16.2. The Balaban J connectivity index is 2.07. The highest BCUT2D eigenvalue weighted by Gasteiger charge is 2.19. The molecule has 0 aromatic heterocycles. The quantitative estimate of drug-likeness (QED) is 0.624. The Morgan fingerprint density at radius 2 is 1.87 bits per heavy atom. The van der Waals surface area contributed by atoms with Gasteiger partial charge in [0.25, 0.3) is 0 Å². The first-order valence-corrected chi connectivity index (χ1v) is 7.62. The van der Waals surface area contributed by atoms with Gasteiger partial charge >= 0.3 is 5.97 Å². The molecule has 0 aliphatic carbocycles. The molecule has 3 nitrogen and oxygen atoms in total. The van der Waals surface area contributed by atoms with Crippen molar-refractivity contribution in [2.24, 2.45) is 0 Å². The van der Waals surface area contributed by atoms with Crippen LogP contribution >= 0.6 is 0 Å². The first-order valence-electron chi connectivity index (χ1n) is 7.62. The molecule has 23 heavy (non-hydrogen) atoms. The maximum Gasteiger partial charge on any atom is 0.334 e. The third-order valence-electron chi connectivity index (χ3n) is 3.60. The van der Waals surface area contributed by atoms with Crippen LogP contribution in [-0.4, -0.2) is 12.6 Å². The number of benzene rings is 2. The van der Waals surface area contributed by atoms with E-state index in [1.807, 2.05) is 61.5 Å². The van der Waals surface area contributed by atoms with Gasteiger partial charge in [-0.15, -0.1) is 0 Å². The van der Waals surface area contributed by atoms with Gasteiger partial charge in [0.15, 0.2) is 0 Å². The molecular weight excluding hydrogens is 288 g/mol. The van der Waals surface area contributed by atoms with Crippen LogP contribution in [0.4, 0.5) is 0 Å². The van der Waals surface area contributed by atoms with Crippen LogP contribution in [0.2, 0.25) is 0 Å². The molecule has 0 saturated heterocycles. The van der Waals surface area contributed by atoms with Gasteiger partial charge in [-0.05, 0) is 31.6 Å². The van der Waals surface area contributed by atoms with Crippen molar-refractivity contribution in [2.45, 2.75) is 13.8 Å². The molecule has 2 aromatic carbocycles. The van der Waals surface area contributed by atoms with Gasteiger partial charge in [-0.2, -0.15) is 0 Å². The van der Waals surface area contributed by atoms with Crippen molar-refractivity contribution in [2.75, 3.05) is 6.61 Å². The van der Waals surface area contributed by atoms with Gasteiger partial charge < -0.3 is 9.47 Å².